The van der Waals surface area contributed by atoms with Gasteiger partial charge in [-0.15, -0.1) is 0 Å². The van der Waals surface area contributed by atoms with E-state index in [1.807, 2.05) is 54.5 Å². The van der Waals surface area contributed by atoms with Crippen LogP contribution >= 0.6 is 0 Å². The Morgan fingerprint density at radius 2 is 1.83 bits per heavy atom. The minimum absolute atomic E-state index is 0.287. The Kier molecular flexibility index (Phi) is 6.03. The van der Waals surface area contributed by atoms with Gasteiger partial charge < -0.3 is 15.0 Å². The van der Waals surface area contributed by atoms with Crippen molar-refractivity contribution in [1.82, 2.24) is 4.90 Å². The zero-order valence-corrected chi connectivity index (χ0v) is 15.3. The van der Waals surface area contributed by atoms with Gasteiger partial charge in [-0.2, -0.15) is 0 Å². The topological polar surface area (TPSA) is 41.6 Å². The lowest BCUT2D eigenvalue weighted by Crippen LogP contribution is -2.49. The molecule has 5 heteroatoms. The highest BCUT2D eigenvalue weighted by atomic mass is 19.1. The fraction of sp³-hybridized carbons (Fsp3) is 0.611. The van der Waals surface area contributed by atoms with Gasteiger partial charge in [-0.05, 0) is 60.1 Å². The van der Waals surface area contributed by atoms with Crippen LogP contribution in [0.5, 0.6) is 0 Å². The van der Waals surface area contributed by atoms with Crippen molar-refractivity contribution < 1.29 is 13.9 Å². The molecule has 0 atom stereocenters. The molecule has 1 aromatic carbocycles. The van der Waals surface area contributed by atoms with Crippen LogP contribution in [0.1, 0.15) is 47.1 Å². The van der Waals surface area contributed by atoms with E-state index in [1.54, 1.807) is 11.0 Å². The number of hydrogen-bond acceptors (Lipinski definition) is 3. The van der Waals surface area contributed by atoms with E-state index in [-0.39, 0.29) is 17.4 Å². The molecule has 4 nitrogen and oxygen atoms in total. The third-order valence-electron chi connectivity index (χ3n) is 3.28. The van der Waals surface area contributed by atoms with Gasteiger partial charge in [-0.3, -0.25) is 0 Å². The Hall–Kier alpha value is -1.78. The van der Waals surface area contributed by atoms with E-state index in [0.717, 1.165) is 5.56 Å². The summed E-state index contributed by atoms with van der Waals surface area (Å²) in [5.41, 5.74) is 0.389. The average molecular weight is 324 g/mol. The quantitative estimate of drug-likeness (QED) is 0.881. The molecule has 0 saturated carbocycles. The molecule has 0 spiro atoms. The SMILES string of the molecule is Cc1cccc(F)c1NCCN(C(=O)OC(C)(C)C)C(C)(C)C. The summed E-state index contributed by atoms with van der Waals surface area (Å²) >= 11 is 0. The molecule has 0 aliphatic heterocycles. The van der Waals surface area contributed by atoms with E-state index >= 15 is 0 Å². The summed E-state index contributed by atoms with van der Waals surface area (Å²) in [5.74, 6) is -0.287. The molecule has 1 rings (SSSR count). The monoisotopic (exact) mass is 324 g/mol. The van der Waals surface area contributed by atoms with Crippen LogP contribution in [-0.4, -0.2) is 35.2 Å². The van der Waals surface area contributed by atoms with Crippen LogP contribution in [0.25, 0.3) is 0 Å². The maximum absolute atomic E-state index is 13.8. The Bertz CT molecular complexity index is 525. The van der Waals surface area contributed by atoms with Crippen LogP contribution in [-0.2, 0) is 4.74 Å². The second-order valence-electron chi connectivity index (χ2n) is 7.66. The number of rotatable bonds is 4. The minimum atomic E-state index is -0.545. The molecule has 0 aliphatic rings. The lowest BCUT2D eigenvalue weighted by atomic mass is 10.1. The fourth-order valence-electron chi connectivity index (χ4n) is 2.17. The maximum atomic E-state index is 13.8. The number of carbonyl (C=O) groups is 1. The van der Waals surface area contributed by atoms with Gasteiger partial charge in [0.15, 0.2) is 0 Å². The number of amides is 1. The highest BCUT2D eigenvalue weighted by Gasteiger charge is 2.30. The van der Waals surface area contributed by atoms with Gasteiger partial charge in [0.05, 0.1) is 5.69 Å². The van der Waals surface area contributed by atoms with Crippen LogP contribution in [0, 0.1) is 12.7 Å². The smallest absolute Gasteiger partial charge is 0.410 e. The first-order valence-corrected chi connectivity index (χ1v) is 7.91. The first-order valence-electron chi connectivity index (χ1n) is 7.91. The van der Waals surface area contributed by atoms with Crippen molar-refractivity contribution in [1.29, 1.82) is 0 Å². The second kappa shape index (κ2) is 7.20. The number of hydrogen-bond donors (Lipinski definition) is 1. The Morgan fingerprint density at radius 1 is 1.22 bits per heavy atom. The Morgan fingerprint density at radius 3 is 2.30 bits per heavy atom. The number of aryl methyl sites for hydroxylation is 1. The molecule has 0 radical (unpaired) electrons. The lowest BCUT2D eigenvalue weighted by molar-refractivity contribution is 0.00749. The maximum Gasteiger partial charge on any atom is 0.410 e. The van der Waals surface area contributed by atoms with Crippen LogP contribution in [0.4, 0.5) is 14.9 Å². The molecule has 0 heterocycles. The lowest BCUT2D eigenvalue weighted by Gasteiger charge is -2.37. The standard InChI is InChI=1S/C18H29FN2O2/c1-13-9-8-10-14(19)15(13)20-11-12-21(17(2,3)4)16(22)23-18(5,6)7/h8-10,20H,11-12H2,1-7H3. The van der Waals surface area contributed by atoms with E-state index in [1.165, 1.54) is 6.07 Å². The number of benzene rings is 1. The molecule has 130 valence electrons. The summed E-state index contributed by atoms with van der Waals surface area (Å²) in [6.45, 7) is 14.1. The molecule has 23 heavy (non-hydrogen) atoms. The molecule has 0 saturated heterocycles. The van der Waals surface area contributed by atoms with E-state index < -0.39 is 5.60 Å². The number of carbonyl (C=O) groups excluding carboxylic acids is 1. The van der Waals surface area contributed by atoms with Crippen LogP contribution in [0.2, 0.25) is 0 Å². The summed E-state index contributed by atoms with van der Waals surface area (Å²) in [5, 5.41) is 3.08. The second-order valence-corrected chi connectivity index (χ2v) is 7.66. The number of para-hydroxylation sites is 1. The highest BCUT2D eigenvalue weighted by molar-refractivity contribution is 5.69. The highest BCUT2D eigenvalue weighted by Crippen LogP contribution is 2.20. The van der Waals surface area contributed by atoms with Crippen molar-refractivity contribution in [3.8, 4) is 0 Å². The fourth-order valence-corrected chi connectivity index (χ4v) is 2.17. The molecular weight excluding hydrogens is 295 g/mol. The molecule has 0 aromatic heterocycles. The van der Waals surface area contributed by atoms with Crippen molar-refractivity contribution in [2.45, 2.75) is 59.6 Å². The van der Waals surface area contributed by atoms with Crippen LogP contribution < -0.4 is 5.32 Å². The van der Waals surface area contributed by atoms with Crippen LogP contribution in [0.15, 0.2) is 18.2 Å². The molecule has 0 fully saturated rings. The normalized spacial score (nSPS) is 12.0. The van der Waals surface area contributed by atoms with Gasteiger partial charge >= 0.3 is 6.09 Å². The molecule has 1 amide bonds. The van der Waals surface area contributed by atoms with Gasteiger partial charge in [0.25, 0.3) is 0 Å². The van der Waals surface area contributed by atoms with Crippen molar-refractivity contribution in [2.24, 2.45) is 0 Å². The zero-order valence-electron chi connectivity index (χ0n) is 15.3. The van der Waals surface area contributed by atoms with Gasteiger partial charge in [0.2, 0.25) is 0 Å². The summed E-state index contributed by atoms with van der Waals surface area (Å²) in [7, 11) is 0. The van der Waals surface area contributed by atoms with Crippen LogP contribution in [0.3, 0.4) is 0 Å². The van der Waals surface area contributed by atoms with Crippen molar-refractivity contribution >= 4 is 11.8 Å². The number of anilines is 1. The third-order valence-corrected chi connectivity index (χ3v) is 3.28. The first-order chi connectivity index (χ1) is 10.4. The summed E-state index contributed by atoms with van der Waals surface area (Å²) in [4.78, 5) is 14.0. The van der Waals surface area contributed by atoms with E-state index in [2.05, 4.69) is 5.32 Å². The van der Waals surface area contributed by atoms with Gasteiger partial charge in [-0.1, -0.05) is 12.1 Å². The number of nitrogens with zero attached hydrogens (tertiary/aromatic N) is 1. The first kappa shape index (κ1) is 19.3. The zero-order chi connectivity index (χ0) is 17.8. The summed E-state index contributed by atoms with van der Waals surface area (Å²) in [6, 6.07) is 4.95. The largest absolute Gasteiger partial charge is 0.444 e. The van der Waals surface area contributed by atoms with Gasteiger partial charge in [-0.25, -0.2) is 9.18 Å². The molecule has 1 N–H and O–H groups in total. The number of halogens is 1. The molecule has 1 aromatic rings. The van der Waals surface area contributed by atoms with Gasteiger partial charge in [0, 0.05) is 18.6 Å². The molecule has 0 unspecified atom stereocenters. The average Bonchev–Trinajstić information content (AvgIpc) is 2.33. The number of nitrogens with one attached hydrogen (secondary N) is 1. The molecule has 0 bridgehead atoms. The molecular formula is C18H29FN2O2. The Labute approximate surface area is 139 Å². The summed E-state index contributed by atoms with van der Waals surface area (Å²) < 4.78 is 19.3. The minimum Gasteiger partial charge on any atom is -0.444 e. The summed E-state index contributed by atoms with van der Waals surface area (Å²) in [6.07, 6.45) is -0.364. The van der Waals surface area contributed by atoms with Crippen molar-refractivity contribution in [3.05, 3.63) is 29.6 Å². The van der Waals surface area contributed by atoms with E-state index in [9.17, 15) is 9.18 Å². The Balaban J connectivity index is 2.75. The van der Waals surface area contributed by atoms with Crippen molar-refractivity contribution in [2.75, 3.05) is 18.4 Å². The van der Waals surface area contributed by atoms with Gasteiger partial charge in [0.1, 0.15) is 11.4 Å². The third kappa shape index (κ3) is 6.08. The van der Waals surface area contributed by atoms with E-state index in [0.29, 0.717) is 18.8 Å². The predicted molar refractivity (Wildman–Crippen MR) is 92.3 cm³/mol. The predicted octanol–water partition coefficient (Wildman–Crippen LogP) is 4.58. The van der Waals surface area contributed by atoms with E-state index in [4.69, 9.17) is 4.74 Å². The molecule has 0 aliphatic carbocycles. The van der Waals surface area contributed by atoms with Crippen molar-refractivity contribution in [3.63, 3.8) is 0 Å². The number of ether oxygens (including phenoxy) is 1.